The fraction of sp³-hybridized carbons (Fsp3) is 0.667. The first-order valence-electron chi connectivity index (χ1n) is 5.80. The summed E-state index contributed by atoms with van der Waals surface area (Å²) >= 11 is 3.32. The summed E-state index contributed by atoms with van der Waals surface area (Å²) in [7, 11) is 2.03. The van der Waals surface area contributed by atoms with E-state index in [9.17, 15) is 4.79 Å². The fourth-order valence-electron chi connectivity index (χ4n) is 1.45. The molecule has 1 atom stereocenters. The lowest BCUT2D eigenvalue weighted by molar-refractivity contribution is 0.112. The van der Waals surface area contributed by atoms with Crippen molar-refractivity contribution in [2.75, 3.05) is 30.5 Å². The molecule has 0 amide bonds. The zero-order chi connectivity index (χ0) is 12.8. The highest BCUT2D eigenvalue weighted by Crippen LogP contribution is 2.30. The molecule has 1 unspecified atom stereocenters. The smallest absolute Gasteiger partial charge is 0.185 e. The third-order valence-corrected chi connectivity index (χ3v) is 4.51. The maximum atomic E-state index is 11.0. The molecule has 1 heterocycles. The summed E-state index contributed by atoms with van der Waals surface area (Å²) in [6.45, 7) is 5.20. The minimum Gasteiger partial charge on any atom is -0.350 e. The van der Waals surface area contributed by atoms with Crippen LogP contribution in [-0.4, -0.2) is 36.9 Å². The number of aromatic nitrogens is 1. The third kappa shape index (κ3) is 3.71. The molecular weight excluding hydrogens is 252 g/mol. The van der Waals surface area contributed by atoms with Crippen LogP contribution in [0.15, 0.2) is 0 Å². The molecule has 17 heavy (non-hydrogen) atoms. The highest BCUT2D eigenvalue weighted by Gasteiger charge is 2.17. The Bertz CT molecular complexity index is 365. The van der Waals surface area contributed by atoms with Crippen LogP contribution >= 0.6 is 23.1 Å². The van der Waals surface area contributed by atoms with Gasteiger partial charge in [-0.1, -0.05) is 25.2 Å². The Labute approximate surface area is 112 Å². The molecule has 0 aliphatic heterocycles. The van der Waals surface area contributed by atoms with Gasteiger partial charge in [0, 0.05) is 19.3 Å². The maximum Gasteiger partial charge on any atom is 0.185 e. The van der Waals surface area contributed by atoms with Crippen LogP contribution in [0, 0.1) is 0 Å². The molecule has 0 saturated heterocycles. The number of thioether (sulfide) groups is 1. The molecular formula is C12H20N2OS2. The molecule has 3 nitrogen and oxygen atoms in total. The van der Waals surface area contributed by atoms with Crippen molar-refractivity contribution in [1.29, 1.82) is 0 Å². The molecule has 1 aromatic heterocycles. The van der Waals surface area contributed by atoms with Gasteiger partial charge in [-0.05, 0) is 18.6 Å². The number of carbonyl (C=O) groups is 1. The molecule has 1 rings (SSSR count). The van der Waals surface area contributed by atoms with E-state index in [1.807, 2.05) is 18.8 Å². The monoisotopic (exact) mass is 272 g/mol. The number of aldehydes is 1. The number of nitrogens with zero attached hydrogens (tertiary/aromatic N) is 2. The Morgan fingerprint density at radius 3 is 2.82 bits per heavy atom. The van der Waals surface area contributed by atoms with Gasteiger partial charge in [-0.15, -0.1) is 0 Å². The Kier molecular flexibility index (Phi) is 5.98. The SMILES string of the molecule is CCC(C)c1nc(N(C)CCSC)sc1C=O. The second-order valence-corrected chi connectivity index (χ2v) is 6.08. The molecule has 0 radical (unpaired) electrons. The van der Waals surface area contributed by atoms with E-state index in [4.69, 9.17) is 0 Å². The van der Waals surface area contributed by atoms with Crippen LogP contribution in [0.5, 0.6) is 0 Å². The Morgan fingerprint density at radius 1 is 1.59 bits per heavy atom. The average Bonchev–Trinajstić information content (AvgIpc) is 2.79. The van der Waals surface area contributed by atoms with Gasteiger partial charge >= 0.3 is 0 Å². The number of hydrogen-bond acceptors (Lipinski definition) is 5. The largest absolute Gasteiger partial charge is 0.350 e. The van der Waals surface area contributed by atoms with Gasteiger partial charge in [-0.25, -0.2) is 4.98 Å². The first kappa shape index (κ1) is 14.5. The van der Waals surface area contributed by atoms with E-state index < -0.39 is 0 Å². The molecule has 0 aromatic carbocycles. The zero-order valence-corrected chi connectivity index (χ0v) is 12.5. The maximum absolute atomic E-state index is 11.0. The molecule has 0 aliphatic carbocycles. The van der Waals surface area contributed by atoms with E-state index in [0.717, 1.165) is 40.7 Å². The first-order chi connectivity index (χ1) is 8.13. The summed E-state index contributed by atoms with van der Waals surface area (Å²) in [6, 6.07) is 0. The number of thiazole rings is 1. The van der Waals surface area contributed by atoms with Gasteiger partial charge in [0.05, 0.1) is 10.6 Å². The number of anilines is 1. The first-order valence-corrected chi connectivity index (χ1v) is 8.01. The Morgan fingerprint density at radius 2 is 2.29 bits per heavy atom. The average molecular weight is 272 g/mol. The van der Waals surface area contributed by atoms with Crippen molar-refractivity contribution >= 4 is 34.5 Å². The lowest BCUT2D eigenvalue weighted by Gasteiger charge is -2.14. The highest BCUT2D eigenvalue weighted by molar-refractivity contribution is 7.98. The van der Waals surface area contributed by atoms with Gasteiger partial charge in [0.15, 0.2) is 11.4 Å². The van der Waals surface area contributed by atoms with Gasteiger partial charge in [0.25, 0.3) is 0 Å². The summed E-state index contributed by atoms with van der Waals surface area (Å²) in [5, 5.41) is 0.955. The molecule has 0 N–H and O–H groups in total. The van der Waals surface area contributed by atoms with Crippen LogP contribution in [0.3, 0.4) is 0 Å². The summed E-state index contributed by atoms with van der Waals surface area (Å²) in [6.07, 6.45) is 4.04. The minimum atomic E-state index is 0.356. The summed E-state index contributed by atoms with van der Waals surface area (Å²) in [4.78, 5) is 18.6. The van der Waals surface area contributed by atoms with Crippen molar-refractivity contribution in [3.05, 3.63) is 10.6 Å². The van der Waals surface area contributed by atoms with Gasteiger partial charge in [-0.3, -0.25) is 4.79 Å². The Balaban J connectivity index is 2.87. The number of hydrogen-bond donors (Lipinski definition) is 0. The minimum absolute atomic E-state index is 0.356. The predicted molar refractivity (Wildman–Crippen MR) is 77.9 cm³/mol. The molecule has 0 aliphatic rings. The van der Waals surface area contributed by atoms with Crippen LogP contribution in [0.4, 0.5) is 5.13 Å². The van der Waals surface area contributed by atoms with E-state index in [0.29, 0.717) is 5.92 Å². The lowest BCUT2D eigenvalue weighted by Crippen LogP contribution is -2.19. The molecule has 5 heteroatoms. The fourth-order valence-corrected chi connectivity index (χ4v) is 2.89. The van der Waals surface area contributed by atoms with Crippen LogP contribution in [-0.2, 0) is 0 Å². The summed E-state index contributed by atoms with van der Waals surface area (Å²) in [5.41, 5.74) is 0.957. The number of rotatable bonds is 7. The second-order valence-electron chi connectivity index (χ2n) is 4.09. The van der Waals surface area contributed by atoms with E-state index in [-0.39, 0.29) is 0 Å². The van der Waals surface area contributed by atoms with E-state index in [1.165, 1.54) is 11.3 Å². The van der Waals surface area contributed by atoms with Crippen molar-refractivity contribution in [1.82, 2.24) is 4.98 Å². The second kappa shape index (κ2) is 7.01. The van der Waals surface area contributed by atoms with Crippen LogP contribution in [0.1, 0.15) is 41.6 Å². The third-order valence-electron chi connectivity index (χ3n) is 2.81. The van der Waals surface area contributed by atoms with E-state index >= 15 is 0 Å². The predicted octanol–water partition coefficient (Wildman–Crippen LogP) is 3.27. The standard InChI is InChI=1S/C12H20N2OS2/c1-5-9(2)11-10(8-15)17-12(13-11)14(3)6-7-16-4/h8-9H,5-7H2,1-4H3. The van der Waals surface area contributed by atoms with Crippen molar-refractivity contribution in [3.8, 4) is 0 Å². The normalized spacial score (nSPS) is 12.5. The summed E-state index contributed by atoms with van der Waals surface area (Å²) in [5.74, 6) is 1.43. The topological polar surface area (TPSA) is 33.2 Å². The van der Waals surface area contributed by atoms with Crippen LogP contribution in [0.25, 0.3) is 0 Å². The molecule has 0 bridgehead atoms. The quantitative estimate of drug-likeness (QED) is 0.713. The Hall–Kier alpha value is -0.550. The van der Waals surface area contributed by atoms with Gasteiger partial charge in [0.2, 0.25) is 0 Å². The van der Waals surface area contributed by atoms with Crippen LogP contribution < -0.4 is 4.90 Å². The molecule has 0 fully saturated rings. The summed E-state index contributed by atoms with van der Waals surface area (Å²) < 4.78 is 0. The molecule has 0 saturated carbocycles. The van der Waals surface area contributed by atoms with E-state index in [1.54, 1.807) is 0 Å². The van der Waals surface area contributed by atoms with Crippen LogP contribution in [0.2, 0.25) is 0 Å². The molecule has 0 spiro atoms. The van der Waals surface area contributed by atoms with Gasteiger partial charge < -0.3 is 4.90 Å². The van der Waals surface area contributed by atoms with Crippen molar-refractivity contribution in [2.24, 2.45) is 0 Å². The lowest BCUT2D eigenvalue weighted by atomic mass is 10.0. The molecule has 96 valence electrons. The van der Waals surface area contributed by atoms with Crippen molar-refractivity contribution < 1.29 is 4.79 Å². The van der Waals surface area contributed by atoms with Gasteiger partial charge in [-0.2, -0.15) is 11.8 Å². The van der Waals surface area contributed by atoms with Crippen molar-refractivity contribution in [3.63, 3.8) is 0 Å². The highest BCUT2D eigenvalue weighted by atomic mass is 32.2. The zero-order valence-electron chi connectivity index (χ0n) is 10.9. The molecule has 1 aromatic rings. The van der Waals surface area contributed by atoms with E-state index in [2.05, 4.69) is 30.0 Å². The van der Waals surface area contributed by atoms with Crippen molar-refractivity contribution in [2.45, 2.75) is 26.2 Å². The number of carbonyl (C=O) groups excluding carboxylic acids is 1. The van der Waals surface area contributed by atoms with Gasteiger partial charge in [0.1, 0.15) is 0 Å².